The van der Waals surface area contributed by atoms with Crippen LogP contribution in [0, 0.1) is 0 Å². The van der Waals surface area contributed by atoms with Crippen LogP contribution in [-0.2, 0) is 9.59 Å². The molecule has 27 heavy (non-hydrogen) atoms. The van der Waals surface area contributed by atoms with E-state index in [0.717, 1.165) is 27.5 Å². The molecule has 2 N–H and O–H groups in total. The van der Waals surface area contributed by atoms with Crippen LogP contribution in [0.4, 0.5) is 11.6 Å². The third kappa shape index (κ3) is 2.54. The second kappa shape index (κ2) is 5.95. The summed E-state index contributed by atoms with van der Waals surface area (Å²) in [6.07, 6.45) is 0.0734. The Labute approximate surface area is 154 Å². The summed E-state index contributed by atoms with van der Waals surface area (Å²) in [5.41, 5.74) is 2.30. The van der Waals surface area contributed by atoms with Crippen molar-refractivity contribution in [3.05, 3.63) is 66.7 Å². The molecule has 6 nitrogen and oxygen atoms in total. The van der Waals surface area contributed by atoms with Crippen molar-refractivity contribution in [3.8, 4) is 0 Å². The van der Waals surface area contributed by atoms with E-state index in [0.29, 0.717) is 5.95 Å². The van der Waals surface area contributed by atoms with Crippen molar-refractivity contribution in [1.82, 2.24) is 9.55 Å². The summed E-state index contributed by atoms with van der Waals surface area (Å²) in [6, 6.07) is 20.5. The first kappa shape index (κ1) is 15.6. The molecule has 0 fully saturated rings. The number of anilines is 2. The molecule has 0 saturated heterocycles. The Morgan fingerprint density at radius 1 is 1.04 bits per heavy atom. The second-order valence-corrected chi connectivity index (χ2v) is 6.58. The van der Waals surface area contributed by atoms with Crippen LogP contribution in [0.2, 0.25) is 0 Å². The summed E-state index contributed by atoms with van der Waals surface area (Å²) in [5.74, 6) is -0.0352. The monoisotopic (exact) mass is 356 g/mol. The topological polar surface area (TPSA) is 76.0 Å². The standard InChI is InChI=1S/C21H16N4O2/c26-19-12-18(25-17-11-4-3-9-16(17)23-21(25)24-19)20(27)22-15-10-5-7-13-6-1-2-8-14(13)15/h1-11,18H,12H2,(H,22,27)(H,23,24,26)/t18-/m0/s1. The van der Waals surface area contributed by atoms with Crippen molar-refractivity contribution in [2.45, 2.75) is 12.5 Å². The first-order valence-corrected chi connectivity index (χ1v) is 8.76. The maximum Gasteiger partial charge on any atom is 0.248 e. The minimum absolute atomic E-state index is 0.0734. The predicted molar refractivity (Wildman–Crippen MR) is 105 cm³/mol. The maximum atomic E-state index is 13.1. The molecule has 2 amide bonds. The molecule has 0 radical (unpaired) electrons. The molecule has 1 atom stereocenters. The van der Waals surface area contributed by atoms with Gasteiger partial charge in [0.25, 0.3) is 0 Å². The summed E-state index contributed by atoms with van der Waals surface area (Å²) in [6.45, 7) is 0. The van der Waals surface area contributed by atoms with Crippen LogP contribution in [0.1, 0.15) is 12.5 Å². The van der Waals surface area contributed by atoms with Crippen molar-refractivity contribution >= 4 is 45.3 Å². The molecule has 2 heterocycles. The van der Waals surface area contributed by atoms with E-state index in [1.807, 2.05) is 66.7 Å². The number of benzene rings is 3. The normalized spacial score (nSPS) is 16.1. The Morgan fingerprint density at radius 2 is 1.81 bits per heavy atom. The Bertz CT molecular complexity index is 1210. The van der Waals surface area contributed by atoms with Gasteiger partial charge in [-0.15, -0.1) is 0 Å². The molecule has 1 aliphatic rings. The third-order valence-electron chi connectivity index (χ3n) is 4.89. The number of nitrogens with zero attached hydrogens (tertiary/aromatic N) is 2. The molecule has 0 saturated carbocycles. The zero-order valence-corrected chi connectivity index (χ0v) is 14.3. The quantitative estimate of drug-likeness (QED) is 0.575. The van der Waals surface area contributed by atoms with Gasteiger partial charge in [0.15, 0.2) is 0 Å². The van der Waals surface area contributed by atoms with Crippen LogP contribution in [-0.4, -0.2) is 21.4 Å². The molecule has 0 bridgehead atoms. The number of para-hydroxylation sites is 2. The molecule has 1 aromatic heterocycles. The van der Waals surface area contributed by atoms with Gasteiger partial charge in [-0.1, -0.05) is 48.5 Å². The Hall–Kier alpha value is -3.67. The zero-order chi connectivity index (χ0) is 18.4. The molecule has 6 heteroatoms. The van der Waals surface area contributed by atoms with Gasteiger partial charge in [-0.3, -0.25) is 19.5 Å². The van der Waals surface area contributed by atoms with Gasteiger partial charge in [-0.05, 0) is 23.6 Å². The van der Waals surface area contributed by atoms with Crippen LogP contribution in [0.25, 0.3) is 21.8 Å². The molecular formula is C21H16N4O2. The Morgan fingerprint density at radius 3 is 2.74 bits per heavy atom. The van der Waals surface area contributed by atoms with Crippen molar-refractivity contribution in [1.29, 1.82) is 0 Å². The van der Waals surface area contributed by atoms with Gasteiger partial charge in [-0.25, -0.2) is 4.98 Å². The Kier molecular flexibility index (Phi) is 3.43. The van der Waals surface area contributed by atoms with Crippen molar-refractivity contribution in [2.24, 2.45) is 0 Å². The first-order valence-electron chi connectivity index (χ1n) is 8.76. The predicted octanol–water partition coefficient (Wildman–Crippen LogP) is 3.71. The fraction of sp³-hybridized carbons (Fsp3) is 0.0952. The van der Waals surface area contributed by atoms with Crippen molar-refractivity contribution < 1.29 is 9.59 Å². The Balaban J connectivity index is 1.57. The number of hydrogen-bond donors (Lipinski definition) is 2. The maximum absolute atomic E-state index is 13.1. The highest BCUT2D eigenvalue weighted by atomic mass is 16.2. The lowest BCUT2D eigenvalue weighted by Gasteiger charge is -2.25. The van der Waals surface area contributed by atoms with E-state index in [1.165, 1.54) is 0 Å². The lowest BCUT2D eigenvalue weighted by Crippen LogP contribution is -2.35. The third-order valence-corrected chi connectivity index (χ3v) is 4.89. The van der Waals surface area contributed by atoms with Crippen molar-refractivity contribution in [2.75, 3.05) is 10.6 Å². The van der Waals surface area contributed by atoms with Gasteiger partial charge >= 0.3 is 0 Å². The molecule has 132 valence electrons. The summed E-state index contributed by atoms with van der Waals surface area (Å²) >= 11 is 0. The minimum Gasteiger partial charge on any atom is -0.324 e. The van der Waals surface area contributed by atoms with Crippen molar-refractivity contribution in [3.63, 3.8) is 0 Å². The number of aromatic nitrogens is 2. The number of rotatable bonds is 2. The summed E-state index contributed by atoms with van der Waals surface area (Å²) < 4.78 is 1.80. The van der Waals surface area contributed by atoms with E-state index in [2.05, 4.69) is 15.6 Å². The van der Waals surface area contributed by atoms with E-state index < -0.39 is 6.04 Å². The molecule has 0 aliphatic carbocycles. The fourth-order valence-corrected chi connectivity index (χ4v) is 3.65. The molecule has 0 spiro atoms. The zero-order valence-electron chi connectivity index (χ0n) is 14.3. The minimum atomic E-state index is -0.653. The van der Waals surface area contributed by atoms with Crippen LogP contribution >= 0.6 is 0 Å². The van der Waals surface area contributed by atoms with Crippen LogP contribution < -0.4 is 10.6 Å². The molecule has 5 rings (SSSR count). The lowest BCUT2D eigenvalue weighted by atomic mass is 10.1. The number of carbonyl (C=O) groups is 2. The van der Waals surface area contributed by atoms with E-state index in [-0.39, 0.29) is 18.2 Å². The summed E-state index contributed by atoms with van der Waals surface area (Å²) in [7, 11) is 0. The first-order chi connectivity index (χ1) is 13.2. The molecule has 4 aromatic rings. The highest BCUT2D eigenvalue weighted by Gasteiger charge is 2.33. The molecule has 0 unspecified atom stereocenters. The number of nitrogens with one attached hydrogen (secondary N) is 2. The second-order valence-electron chi connectivity index (χ2n) is 6.58. The van der Waals surface area contributed by atoms with E-state index >= 15 is 0 Å². The van der Waals surface area contributed by atoms with E-state index in [9.17, 15) is 9.59 Å². The SMILES string of the molecule is O=C1C[C@@H](C(=O)Nc2cccc3ccccc23)n2c(nc3ccccc32)N1. The van der Waals surface area contributed by atoms with Gasteiger partial charge in [0.1, 0.15) is 6.04 Å². The average Bonchev–Trinajstić information content (AvgIpc) is 3.05. The summed E-state index contributed by atoms with van der Waals surface area (Å²) in [4.78, 5) is 29.7. The van der Waals surface area contributed by atoms with Gasteiger partial charge in [-0.2, -0.15) is 0 Å². The number of carbonyl (C=O) groups excluding carboxylic acids is 2. The summed E-state index contributed by atoms with van der Waals surface area (Å²) in [5, 5.41) is 7.77. The number of hydrogen-bond acceptors (Lipinski definition) is 3. The lowest BCUT2D eigenvalue weighted by molar-refractivity contribution is -0.124. The van der Waals surface area contributed by atoms with Gasteiger partial charge in [0, 0.05) is 11.1 Å². The van der Waals surface area contributed by atoms with Gasteiger partial charge in [0.05, 0.1) is 17.5 Å². The number of fused-ring (bicyclic) bond motifs is 4. The van der Waals surface area contributed by atoms with Crippen LogP contribution in [0.15, 0.2) is 66.7 Å². The molecule has 1 aliphatic heterocycles. The van der Waals surface area contributed by atoms with Gasteiger partial charge in [0.2, 0.25) is 17.8 Å². The fourth-order valence-electron chi connectivity index (χ4n) is 3.65. The smallest absolute Gasteiger partial charge is 0.248 e. The van der Waals surface area contributed by atoms with E-state index in [1.54, 1.807) is 4.57 Å². The number of amides is 2. The largest absolute Gasteiger partial charge is 0.324 e. The average molecular weight is 356 g/mol. The molecular weight excluding hydrogens is 340 g/mol. The highest BCUT2D eigenvalue weighted by molar-refractivity contribution is 6.06. The number of imidazole rings is 1. The van der Waals surface area contributed by atoms with Gasteiger partial charge < -0.3 is 5.32 Å². The van der Waals surface area contributed by atoms with Crippen LogP contribution in [0.3, 0.4) is 0 Å². The molecule has 3 aromatic carbocycles. The highest BCUT2D eigenvalue weighted by Crippen LogP contribution is 2.32. The van der Waals surface area contributed by atoms with Crippen LogP contribution in [0.5, 0.6) is 0 Å². The van der Waals surface area contributed by atoms with E-state index in [4.69, 9.17) is 0 Å².